The Kier molecular flexibility index (Phi) is 12.2. The number of amides is 3. The number of thiazole rings is 1. The fourth-order valence-electron chi connectivity index (χ4n) is 9.76. The van der Waals surface area contributed by atoms with E-state index >= 15 is 0 Å². The maximum atomic E-state index is 14.8. The van der Waals surface area contributed by atoms with Crippen molar-refractivity contribution in [3.05, 3.63) is 28.6 Å². The maximum absolute atomic E-state index is 14.8. The molecule has 0 radical (unpaired) electrons. The van der Waals surface area contributed by atoms with Gasteiger partial charge in [-0.2, -0.15) is 0 Å². The number of carbonyl (C=O) groups is 4. The second kappa shape index (κ2) is 17.3. The fraction of sp³-hybridized carbons (Fsp3) is 0.636. The number of nitrogens with one attached hydrogen (secondary N) is 3. The molecule has 7 aliphatic rings. The Morgan fingerprint density at radius 2 is 1.84 bits per heavy atom. The van der Waals surface area contributed by atoms with Crippen molar-refractivity contribution < 1.29 is 64.4 Å². The van der Waals surface area contributed by atoms with Gasteiger partial charge in [0.2, 0.25) is 0 Å². The monoisotopic (exact) mass is 1020 g/mol. The summed E-state index contributed by atoms with van der Waals surface area (Å²) in [5.41, 5.74) is 0.761. The third-order valence-corrected chi connectivity index (χ3v) is 18.7. The summed E-state index contributed by atoms with van der Waals surface area (Å²) >= 11 is 7.71. The van der Waals surface area contributed by atoms with Crippen LogP contribution in [-0.2, 0) is 23.9 Å². The summed E-state index contributed by atoms with van der Waals surface area (Å²) in [5, 5.41) is 22.9. The third kappa shape index (κ3) is 8.87. The van der Waals surface area contributed by atoms with Crippen LogP contribution in [0.15, 0.2) is 23.6 Å². The topological polar surface area (TPSA) is 194 Å². The van der Waals surface area contributed by atoms with Crippen LogP contribution < -0.4 is 46.6 Å². The Hall–Kier alpha value is -3.72. The number of likely N-dealkylation sites (tertiary alicyclic amines) is 1. The van der Waals surface area contributed by atoms with Gasteiger partial charge in [0.25, 0.3) is 0 Å². The zero-order valence-corrected chi connectivity index (χ0v) is 40.1. The van der Waals surface area contributed by atoms with Gasteiger partial charge in [0.15, 0.2) is 5.13 Å². The summed E-state index contributed by atoms with van der Waals surface area (Å²) in [5.74, 6) is 1.24. The Bertz CT molecular complexity index is 2270. The van der Waals surface area contributed by atoms with Gasteiger partial charge in [0.1, 0.15) is 6.61 Å². The van der Waals surface area contributed by atoms with E-state index in [9.17, 15) is 24.3 Å². The molecule has 3 saturated heterocycles. The first-order chi connectivity index (χ1) is 30.1. The first-order valence-corrected chi connectivity index (χ1v) is 25.6. The second-order valence-corrected chi connectivity index (χ2v) is 24.0. The number of aromatic nitrogens is 2. The van der Waals surface area contributed by atoms with Gasteiger partial charge in [-0.05, 0) is 31.6 Å². The fourth-order valence-corrected chi connectivity index (χ4v) is 13.9. The summed E-state index contributed by atoms with van der Waals surface area (Å²) in [6.45, 7) is 15.7. The van der Waals surface area contributed by atoms with Crippen LogP contribution in [0.4, 0.5) is 9.93 Å². The van der Waals surface area contributed by atoms with Crippen molar-refractivity contribution in [3.8, 4) is 22.9 Å². The van der Waals surface area contributed by atoms with Gasteiger partial charge in [-0.25, -0.2) is 0 Å². The molecule has 2 aromatic heterocycles. The molecule has 2 bridgehead atoms. The van der Waals surface area contributed by atoms with Crippen LogP contribution in [0.5, 0.6) is 11.5 Å². The zero-order chi connectivity index (χ0) is 44.5. The van der Waals surface area contributed by atoms with Gasteiger partial charge in [0.05, 0.1) is 13.2 Å². The number of carboxylic acid groups (broad SMARTS) is 1. The van der Waals surface area contributed by atoms with E-state index in [1.54, 1.807) is 12.1 Å². The van der Waals surface area contributed by atoms with Gasteiger partial charge < -0.3 is 14.8 Å². The van der Waals surface area contributed by atoms with Crippen molar-refractivity contribution in [1.29, 1.82) is 0 Å². The first-order valence-electron chi connectivity index (χ1n) is 22.0. The number of carboxylic acids is 1. The molecule has 10 atom stereocenters. The number of nitrogens with zero attached hydrogens (tertiary/aromatic N) is 4. The van der Waals surface area contributed by atoms with E-state index in [0.717, 1.165) is 24.6 Å². The summed E-state index contributed by atoms with van der Waals surface area (Å²) in [7, 11) is 0. The van der Waals surface area contributed by atoms with Crippen molar-refractivity contribution in [3.63, 3.8) is 0 Å². The summed E-state index contributed by atoms with van der Waals surface area (Å²) in [6.07, 6.45) is 0.0234. The third-order valence-electron chi connectivity index (χ3n) is 13.2. The molecule has 4 saturated carbocycles. The number of alkyl halides is 2. The number of fused-ring (bicyclic) bond motifs is 2. The number of anilines is 1. The van der Waals surface area contributed by atoms with E-state index in [1.165, 1.54) is 16.2 Å². The summed E-state index contributed by atoms with van der Waals surface area (Å²) in [6, 6.07) is 3.44. The summed E-state index contributed by atoms with van der Waals surface area (Å²) < 4.78 is 23.0. The average molecular weight is 1020 g/mol. The molecule has 19 heteroatoms. The molecule has 4 unspecified atom stereocenters. The van der Waals surface area contributed by atoms with Gasteiger partial charge in [-0.3, -0.25) is 4.90 Å². The van der Waals surface area contributed by atoms with Crippen LogP contribution in [0, 0.1) is 29.1 Å². The van der Waals surface area contributed by atoms with Crippen LogP contribution in [0.25, 0.3) is 22.3 Å². The van der Waals surface area contributed by atoms with Gasteiger partial charge in [-0.1, -0.05) is 0 Å². The first kappa shape index (κ1) is 44.5. The predicted octanol–water partition coefficient (Wildman–Crippen LogP) is 2.07. The Morgan fingerprint density at radius 3 is 2.49 bits per heavy atom. The van der Waals surface area contributed by atoms with Crippen molar-refractivity contribution >= 4 is 62.8 Å². The SMILES string of the molecule is CCC1[I-][C@]1(NC(=O)[C@@H]1C[C@@H](Oc2cc(-c3csc(NC(C)C)n3)nc3c(Cl)c(OCCN4CCOCC4)ccc23)CN1C(=O)[C@@H](NC(=O)O[C@@H]1CC2C3C1[C@H]23)C(C)(C)C)C(=O)O. The van der Waals surface area contributed by atoms with Gasteiger partial charge >= 0.3 is 275 Å². The number of hydrogen-bond acceptors (Lipinski definition) is 13. The minimum absolute atomic E-state index is 0.0168. The molecular weight excluding hydrogens is 965 g/mol. The number of hydrogen-bond donors (Lipinski definition) is 4. The number of alkyl carbamates (subject to hydrolysis) is 1. The zero-order valence-electron chi connectivity index (χ0n) is 36.3. The molecule has 3 aromatic rings. The van der Waals surface area contributed by atoms with Crippen molar-refractivity contribution in [2.24, 2.45) is 29.1 Å². The minimum atomic E-state index is -1.31. The number of halogens is 2. The molecule has 0 spiro atoms. The summed E-state index contributed by atoms with van der Waals surface area (Å²) in [4.78, 5) is 68.7. The normalized spacial score (nSPS) is 29.9. The molecule has 5 heterocycles. The Balaban J connectivity index is 1.01. The molecule has 3 aliphatic heterocycles. The average Bonchev–Trinajstić information content (AvgIpc) is 4.10. The molecule has 4 aliphatic carbocycles. The van der Waals surface area contributed by atoms with Gasteiger partial charge in [-0.15, -0.1) is 11.3 Å². The van der Waals surface area contributed by atoms with E-state index in [2.05, 4.69) is 20.9 Å². The molecule has 7 fully saturated rings. The number of carbonyl (C=O) groups excluding carboxylic acids is 3. The van der Waals surface area contributed by atoms with E-state index in [4.69, 9.17) is 40.5 Å². The molecule has 10 rings (SSSR count). The molecule has 3 amide bonds. The molecule has 63 heavy (non-hydrogen) atoms. The van der Waals surface area contributed by atoms with Crippen LogP contribution in [0.2, 0.25) is 5.02 Å². The molecule has 16 nitrogen and oxygen atoms in total. The number of ether oxygens (including phenoxy) is 4. The number of rotatable bonds is 16. The van der Waals surface area contributed by atoms with E-state index in [0.29, 0.717) is 95.3 Å². The van der Waals surface area contributed by atoms with Crippen molar-refractivity contribution in [2.45, 2.75) is 98.6 Å². The molecule has 342 valence electrons. The molecular formula is C44H56ClIN7O9S-. The van der Waals surface area contributed by atoms with Gasteiger partial charge in [0, 0.05) is 25.7 Å². The number of morpholine rings is 1. The van der Waals surface area contributed by atoms with Crippen LogP contribution in [0.3, 0.4) is 0 Å². The van der Waals surface area contributed by atoms with E-state index in [-0.39, 0.29) is 29.0 Å². The predicted molar refractivity (Wildman–Crippen MR) is 232 cm³/mol. The second-order valence-electron chi connectivity index (χ2n) is 18.9. The quantitative estimate of drug-likeness (QED) is 0.0928. The van der Waals surface area contributed by atoms with Crippen LogP contribution in [0.1, 0.15) is 60.8 Å². The molecule has 4 N–H and O–H groups in total. The number of aliphatic carboxylic acids is 1. The Labute approximate surface area is 386 Å². The van der Waals surface area contributed by atoms with Crippen molar-refractivity contribution in [1.82, 2.24) is 30.4 Å². The number of pyridine rings is 1. The van der Waals surface area contributed by atoms with Crippen LogP contribution in [-0.4, -0.2) is 133 Å². The van der Waals surface area contributed by atoms with E-state index < -0.39 is 72.2 Å². The Morgan fingerprint density at radius 1 is 1.08 bits per heavy atom. The van der Waals surface area contributed by atoms with Crippen LogP contribution >= 0.6 is 22.9 Å². The number of benzene rings is 1. The standard InChI is InChI=1S/C44H56ClIN7O9S/c1-7-31-44(46-31,40(56)57)51-38(54)27-16-22(19-53(27)39(55)37(43(4,5)6)50-42(58)62-30-17-24-32-33(24)34(30)32)61-29-18-25(26-20-63-41(49-26)47-21(2)3)48-36-23(29)8-9-28(35(36)45)60-15-12-52-10-13-59-14-11-52/h8-9,18,20-22,24,27,30-34,37H,7,10-17,19H2,1-6H3,(H,47,49)(H,50,58)(H,51,54)(H,56,57)/q-1/t22-,24?,27+,30-,31?,32-,33?,34?,37-,44-/m1/s1. The van der Waals surface area contributed by atoms with E-state index in [1.807, 2.05) is 53.0 Å². The molecule has 1 aromatic carbocycles. The van der Waals surface area contributed by atoms with Crippen molar-refractivity contribution in [2.75, 3.05) is 51.3 Å².